The fraction of sp³-hybridized carbons (Fsp3) is 0.692. The van der Waals surface area contributed by atoms with Crippen LogP contribution in [0.4, 0.5) is 0 Å². The van der Waals surface area contributed by atoms with Crippen LogP contribution in [0.5, 0.6) is 0 Å². The van der Waals surface area contributed by atoms with Crippen LogP contribution in [-0.2, 0) is 6.42 Å². The summed E-state index contributed by atoms with van der Waals surface area (Å²) in [5, 5.41) is 7.76. The minimum absolute atomic E-state index is 0.295. The van der Waals surface area contributed by atoms with Gasteiger partial charge in [0.15, 0.2) is 0 Å². The number of nitrogens with one attached hydrogen (secondary N) is 1. The highest BCUT2D eigenvalue weighted by Gasteiger charge is 2.17. The molecule has 0 spiro atoms. The summed E-state index contributed by atoms with van der Waals surface area (Å²) < 4.78 is 4.08. The van der Waals surface area contributed by atoms with E-state index < -0.39 is 0 Å². The Morgan fingerprint density at radius 2 is 2.18 bits per heavy atom. The molecule has 0 aliphatic heterocycles. The molecule has 1 N–H and O–H groups in total. The molecule has 1 atom stereocenters. The molecule has 1 aromatic rings. The van der Waals surface area contributed by atoms with E-state index in [4.69, 9.17) is 0 Å². The van der Waals surface area contributed by atoms with Crippen LogP contribution < -0.4 is 5.32 Å². The van der Waals surface area contributed by atoms with Crippen molar-refractivity contribution in [2.75, 3.05) is 6.54 Å². The van der Waals surface area contributed by atoms with Crippen molar-refractivity contribution >= 4 is 11.5 Å². The highest BCUT2D eigenvalue weighted by Crippen LogP contribution is 2.24. The molecule has 0 amide bonds. The molecule has 1 aromatic heterocycles. The minimum atomic E-state index is 0.295. The van der Waals surface area contributed by atoms with Crippen molar-refractivity contribution in [3.63, 3.8) is 0 Å². The Labute approximate surface area is 108 Å². The first-order valence-corrected chi connectivity index (χ1v) is 7.04. The molecule has 1 rings (SSSR count). The quantitative estimate of drug-likeness (QED) is 0.757. The molecule has 0 aliphatic carbocycles. The number of hydrogen-bond acceptors (Lipinski definition) is 4. The van der Waals surface area contributed by atoms with E-state index in [1.165, 1.54) is 16.4 Å². The molecule has 94 valence electrons. The Morgan fingerprint density at radius 1 is 1.35 bits per heavy atom. The number of hydrogen-bond donors (Lipinski definition) is 1. The average molecular weight is 251 g/mol. The fourth-order valence-electron chi connectivity index (χ4n) is 1.67. The van der Waals surface area contributed by atoms with Gasteiger partial charge in [0.05, 0.1) is 16.6 Å². The van der Waals surface area contributed by atoms with E-state index in [2.05, 4.69) is 40.6 Å². The number of aryl methyl sites for hydroxylation is 1. The highest BCUT2D eigenvalue weighted by atomic mass is 32.1. The maximum Gasteiger partial charge on any atom is 0.0803 e. The van der Waals surface area contributed by atoms with E-state index in [0.29, 0.717) is 6.04 Å². The van der Waals surface area contributed by atoms with Crippen molar-refractivity contribution in [1.82, 2.24) is 14.9 Å². The van der Waals surface area contributed by atoms with Gasteiger partial charge in [-0.2, -0.15) is 0 Å². The first kappa shape index (κ1) is 14.1. The molecule has 4 heteroatoms. The Bertz CT molecular complexity index is 376. The largest absolute Gasteiger partial charge is 0.308 e. The number of rotatable bonds is 7. The number of aromatic nitrogens is 2. The van der Waals surface area contributed by atoms with Gasteiger partial charge >= 0.3 is 0 Å². The predicted molar refractivity (Wildman–Crippen MR) is 73.0 cm³/mol. The van der Waals surface area contributed by atoms with Crippen LogP contribution in [0.1, 0.15) is 56.6 Å². The van der Waals surface area contributed by atoms with Gasteiger partial charge in [-0.15, -0.1) is 16.9 Å². The van der Waals surface area contributed by atoms with Gasteiger partial charge in [0, 0.05) is 6.42 Å². The Kier molecular flexibility index (Phi) is 6.83. The first-order valence-electron chi connectivity index (χ1n) is 6.27. The standard InChI is InChI=1S/C13H21N3S/c1-4-7-9-11(14-10-6-3)13-12(8-5-2)15-16-17-13/h11,14H,5-6,8-10H2,1-3H3. The minimum Gasteiger partial charge on any atom is -0.308 e. The molecule has 0 fully saturated rings. The van der Waals surface area contributed by atoms with Crippen LogP contribution in [0.25, 0.3) is 0 Å². The van der Waals surface area contributed by atoms with E-state index >= 15 is 0 Å². The zero-order chi connectivity index (χ0) is 12.5. The summed E-state index contributed by atoms with van der Waals surface area (Å²) in [6, 6.07) is 0.295. The molecular weight excluding hydrogens is 230 g/mol. The third-order valence-corrected chi connectivity index (χ3v) is 3.39. The maximum atomic E-state index is 4.22. The van der Waals surface area contributed by atoms with Crippen LogP contribution in [0.15, 0.2) is 0 Å². The van der Waals surface area contributed by atoms with Gasteiger partial charge < -0.3 is 5.32 Å². The zero-order valence-electron chi connectivity index (χ0n) is 10.9. The summed E-state index contributed by atoms with van der Waals surface area (Å²) in [5.41, 5.74) is 1.14. The van der Waals surface area contributed by atoms with Gasteiger partial charge in [-0.3, -0.25) is 0 Å². The predicted octanol–water partition coefficient (Wildman–Crippen LogP) is 2.94. The first-order chi connectivity index (χ1) is 8.33. The molecule has 1 heterocycles. The summed E-state index contributed by atoms with van der Waals surface area (Å²) in [6.07, 6.45) is 4.09. The van der Waals surface area contributed by atoms with Gasteiger partial charge in [-0.1, -0.05) is 24.8 Å². The Morgan fingerprint density at radius 3 is 2.82 bits per heavy atom. The smallest absolute Gasteiger partial charge is 0.0803 e. The lowest BCUT2D eigenvalue weighted by atomic mass is 10.1. The molecule has 0 saturated heterocycles. The van der Waals surface area contributed by atoms with E-state index in [0.717, 1.165) is 37.9 Å². The second-order valence-corrected chi connectivity index (χ2v) is 4.76. The lowest BCUT2D eigenvalue weighted by Crippen LogP contribution is -2.22. The topological polar surface area (TPSA) is 37.8 Å². The molecule has 0 radical (unpaired) electrons. The van der Waals surface area contributed by atoms with E-state index in [-0.39, 0.29) is 0 Å². The van der Waals surface area contributed by atoms with Crippen molar-refractivity contribution in [2.24, 2.45) is 0 Å². The van der Waals surface area contributed by atoms with E-state index in [9.17, 15) is 0 Å². The molecule has 0 bridgehead atoms. The fourth-order valence-corrected chi connectivity index (χ4v) is 2.44. The van der Waals surface area contributed by atoms with Crippen LogP contribution in [0.2, 0.25) is 0 Å². The third kappa shape index (κ3) is 4.45. The molecule has 1 unspecified atom stereocenters. The van der Waals surface area contributed by atoms with E-state index in [1.807, 2.05) is 6.92 Å². The molecular formula is C13H21N3S. The summed E-state index contributed by atoms with van der Waals surface area (Å²) in [4.78, 5) is 1.27. The molecule has 0 aromatic carbocycles. The van der Waals surface area contributed by atoms with Gasteiger partial charge in [-0.25, -0.2) is 0 Å². The normalized spacial score (nSPS) is 11.9. The van der Waals surface area contributed by atoms with Crippen molar-refractivity contribution in [3.05, 3.63) is 10.6 Å². The van der Waals surface area contributed by atoms with Crippen molar-refractivity contribution in [1.29, 1.82) is 0 Å². The second-order valence-electron chi connectivity index (χ2n) is 3.97. The maximum absolute atomic E-state index is 4.22. The van der Waals surface area contributed by atoms with Crippen LogP contribution >= 0.6 is 11.5 Å². The van der Waals surface area contributed by atoms with E-state index in [1.54, 1.807) is 0 Å². The Balaban J connectivity index is 2.77. The van der Waals surface area contributed by atoms with Gasteiger partial charge in [0.1, 0.15) is 0 Å². The van der Waals surface area contributed by atoms with Gasteiger partial charge in [-0.05, 0) is 37.8 Å². The average Bonchev–Trinajstić information content (AvgIpc) is 2.78. The lowest BCUT2D eigenvalue weighted by molar-refractivity contribution is 0.544. The zero-order valence-corrected chi connectivity index (χ0v) is 11.7. The summed E-state index contributed by atoms with van der Waals surface area (Å²) in [6.45, 7) is 7.24. The summed E-state index contributed by atoms with van der Waals surface area (Å²) in [7, 11) is 0. The molecule has 17 heavy (non-hydrogen) atoms. The highest BCUT2D eigenvalue weighted by molar-refractivity contribution is 7.05. The molecule has 3 nitrogen and oxygen atoms in total. The number of nitrogens with zero attached hydrogens (tertiary/aromatic N) is 2. The van der Waals surface area contributed by atoms with Crippen molar-refractivity contribution in [3.8, 4) is 11.8 Å². The van der Waals surface area contributed by atoms with Gasteiger partial charge in [0.25, 0.3) is 0 Å². The van der Waals surface area contributed by atoms with Crippen molar-refractivity contribution < 1.29 is 0 Å². The third-order valence-electron chi connectivity index (χ3n) is 2.51. The molecule has 0 aliphatic rings. The van der Waals surface area contributed by atoms with Crippen LogP contribution in [0, 0.1) is 11.8 Å². The van der Waals surface area contributed by atoms with Crippen LogP contribution in [-0.4, -0.2) is 16.1 Å². The Hall–Kier alpha value is -0.920. The second kappa shape index (κ2) is 8.21. The molecule has 0 saturated carbocycles. The summed E-state index contributed by atoms with van der Waals surface area (Å²) in [5.74, 6) is 6.12. The summed E-state index contributed by atoms with van der Waals surface area (Å²) >= 11 is 1.51. The van der Waals surface area contributed by atoms with Crippen molar-refractivity contribution in [2.45, 2.75) is 52.5 Å². The monoisotopic (exact) mass is 251 g/mol. The SMILES string of the molecule is CC#CCC(NCCC)c1snnc1CCC. The van der Waals surface area contributed by atoms with Gasteiger partial charge in [0.2, 0.25) is 0 Å². The lowest BCUT2D eigenvalue weighted by Gasteiger charge is -2.14. The van der Waals surface area contributed by atoms with Crippen LogP contribution in [0.3, 0.4) is 0 Å².